The van der Waals surface area contributed by atoms with Gasteiger partial charge in [-0.3, -0.25) is 0 Å². The Bertz CT molecular complexity index is 669. The summed E-state index contributed by atoms with van der Waals surface area (Å²) < 4.78 is 30.8. The highest BCUT2D eigenvalue weighted by molar-refractivity contribution is 7.88. The maximum atomic E-state index is 11.2. The number of hydrogen-bond acceptors (Lipinski definition) is 5. The minimum absolute atomic E-state index is 0.00521. The average Bonchev–Trinajstić information content (AvgIpc) is 2.81. The Hall–Kier alpha value is -1.60. The monoisotopic (exact) mass is 295 g/mol. The highest BCUT2D eigenvalue weighted by Gasteiger charge is 2.24. The molecule has 3 rings (SSSR count). The standard InChI is InChI=1S/C13H17N3O3S/c1-20(17,18)15-10-6-8-16(9-7-10)13-14-11-4-2-3-5-12(11)19-13/h2-5,10,15H,6-9H2,1H3. The third kappa shape index (κ3) is 2.94. The fraction of sp³-hybridized carbons (Fsp3) is 0.462. The van der Waals surface area contributed by atoms with Crippen molar-refractivity contribution in [1.29, 1.82) is 0 Å². The largest absolute Gasteiger partial charge is 0.423 e. The lowest BCUT2D eigenvalue weighted by Crippen LogP contribution is -2.44. The van der Waals surface area contributed by atoms with Crippen LogP contribution in [0.15, 0.2) is 28.7 Å². The average molecular weight is 295 g/mol. The van der Waals surface area contributed by atoms with E-state index in [1.807, 2.05) is 24.3 Å². The van der Waals surface area contributed by atoms with E-state index in [1.165, 1.54) is 6.26 Å². The van der Waals surface area contributed by atoms with Crippen molar-refractivity contribution in [3.8, 4) is 0 Å². The molecule has 0 amide bonds. The molecule has 0 bridgehead atoms. The number of nitrogens with one attached hydrogen (secondary N) is 1. The maximum Gasteiger partial charge on any atom is 0.298 e. The zero-order valence-electron chi connectivity index (χ0n) is 11.2. The summed E-state index contributed by atoms with van der Waals surface area (Å²) in [5.41, 5.74) is 1.62. The molecule has 1 aromatic heterocycles. The lowest BCUT2D eigenvalue weighted by molar-refractivity contribution is 0.439. The molecule has 0 saturated carbocycles. The van der Waals surface area contributed by atoms with Gasteiger partial charge in [-0.15, -0.1) is 0 Å². The second-order valence-corrected chi connectivity index (χ2v) is 6.90. The summed E-state index contributed by atoms with van der Waals surface area (Å²) in [5, 5.41) is 0. The first-order valence-electron chi connectivity index (χ1n) is 6.59. The molecule has 108 valence electrons. The van der Waals surface area contributed by atoms with Crippen LogP contribution < -0.4 is 9.62 Å². The SMILES string of the molecule is CS(=O)(=O)NC1CCN(c2nc3ccccc3o2)CC1. The van der Waals surface area contributed by atoms with Crippen LogP contribution in [0.25, 0.3) is 11.1 Å². The number of sulfonamides is 1. The third-order valence-electron chi connectivity index (χ3n) is 3.43. The molecule has 0 radical (unpaired) electrons. The molecule has 1 aromatic carbocycles. The molecule has 0 unspecified atom stereocenters. The molecule has 2 heterocycles. The topological polar surface area (TPSA) is 75.4 Å². The van der Waals surface area contributed by atoms with Gasteiger partial charge in [0.05, 0.1) is 6.26 Å². The highest BCUT2D eigenvalue weighted by atomic mass is 32.2. The van der Waals surface area contributed by atoms with Crippen LogP contribution >= 0.6 is 0 Å². The Morgan fingerprint density at radius 1 is 1.30 bits per heavy atom. The van der Waals surface area contributed by atoms with E-state index in [0.717, 1.165) is 37.0 Å². The van der Waals surface area contributed by atoms with Crippen molar-refractivity contribution in [2.45, 2.75) is 18.9 Å². The maximum absolute atomic E-state index is 11.2. The van der Waals surface area contributed by atoms with Gasteiger partial charge in [0.25, 0.3) is 6.01 Å². The van der Waals surface area contributed by atoms with Crippen molar-refractivity contribution in [3.05, 3.63) is 24.3 Å². The Morgan fingerprint density at radius 2 is 2.00 bits per heavy atom. The van der Waals surface area contributed by atoms with E-state index in [9.17, 15) is 8.42 Å². The number of hydrogen-bond donors (Lipinski definition) is 1. The van der Waals surface area contributed by atoms with Gasteiger partial charge in [0, 0.05) is 19.1 Å². The second kappa shape index (κ2) is 5.06. The molecular formula is C13H17N3O3S. The fourth-order valence-corrected chi connectivity index (χ4v) is 3.33. The zero-order valence-corrected chi connectivity index (χ0v) is 12.1. The number of oxazole rings is 1. The van der Waals surface area contributed by atoms with Crippen LogP contribution in [-0.4, -0.2) is 38.8 Å². The van der Waals surface area contributed by atoms with Crippen molar-refractivity contribution < 1.29 is 12.8 Å². The van der Waals surface area contributed by atoms with E-state index < -0.39 is 10.0 Å². The van der Waals surface area contributed by atoms with Gasteiger partial charge in [0.15, 0.2) is 5.58 Å². The number of fused-ring (bicyclic) bond motifs is 1. The van der Waals surface area contributed by atoms with E-state index in [4.69, 9.17) is 4.42 Å². The van der Waals surface area contributed by atoms with E-state index in [0.29, 0.717) is 6.01 Å². The molecule has 20 heavy (non-hydrogen) atoms. The van der Waals surface area contributed by atoms with Gasteiger partial charge in [0.2, 0.25) is 10.0 Å². The van der Waals surface area contributed by atoms with Crippen molar-refractivity contribution in [1.82, 2.24) is 9.71 Å². The fourth-order valence-electron chi connectivity index (χ4n) is 2.49. The molecule has 0 spiro atoms. The Kier molecular flexibility index (Phi) is 3.39. The second-order valence-electron chi connectivity index (χ2n) is 5.12. The summed E-state index contributed by atoms with van der Waals surface area (Å²) in [6.07, 6.45) is 2.71. The Morgan fingerprint density at radius 3 is 2.65 bits per heavy atom. The molecule has 1 fully saturated rings. The van der Waals surface area contributed by atoms with Gasteiger partial charge < -0.3 is 9.32 Å². The van der Waals surface area contributed by atoms with Gasteiger partial charge in [-0.25, -0.2) is 13.1 Å². The number of para-hydroxylation sites is 2. The summed E-state index contributed by atoms with van der Waals surface area (Å²) in [6.45, 7) is 1.47. The molecule has 1 N–H and O–H groups in total. The quantitative estimate of drug-likeness (QED) is 0.925. The van der Waals surface area contributed by atoms with Gasteiger partial charge in [-0.1, -0.05) is 12.1 Å². The number of rotatable bonds is 3. The lowest BCUT2D eigenvalue weighted by atomic mass is 10.1. The lowest BCUT2D eigenvalue weighted by Gasteiger charge is -2.30. The number of anilines is 1. The molecule has 1 saturated heterocycles. The van der Waals surface area contributed by atoms with Crippen molar-refractivity contribution in [2.75, 3.05) is 24.2 Å². The van der Waals surface area contributed by atoms with Crippen LogP contribution in [0.4, 0.5) is 6.01 Å². The summed E-state index contributed by atoms with van der Waals surface area (Å²) in [4.78, 5) is 6.51. The molecular weight excluding hydrogens is 278 g/mol. The summed E-state index contributed by atoms with van der Waals surface area (Å²) in [7, 11) is -3.13. The predicted octanol–water partition coefficient (Wildman–Crippen LogP) is 1.35. The molecule has 6 nitrogen and oxygen atoms in total. The molecule has 1 aliphatic rings. The number of nitrogens with zero attached hydrogens (tertiary/aromatic N) is 2. The van der Waals surface area contributed by atoms with Crippen LogP contribution in [-0.2, 0) is 10.0 Å². The Labute approximate surface area is 117 Å². The van der Waals surface area contributed by atoms with Gasteiger partial charge >= 0.3 is 0 Å². The highest BCUT2D eigenvalue weighted by Crippen LogP contribution is 2.24. The first-order chi connectivity index (χ1) is 9.51. The summed E-state index contributed by atoms with van der Waals surface area (Å²) in [5.74, 6) is 0. The number of benzene rings is 1. The number of piperidine rings is 1. The molecule has 0 aliphatic carbocycles. The van der Waals surface area contributed by atoms with Gasteiger partial charge in [0.1, 0.15) is 5.52 Å². The summed E-state index contributed by atoms with van der Waals surface area (Å²) in [6, 6.07) is 8.27. The molecule has 1 aliphatic heterocycles. The van der Waals surface area contributed by atoms with Crippen LogP contribution in [0.5, 0.6) is 0 Å². The van der Waals surface area contributed by atoms with Crippen LogP contribution in [0, 0.1) is 0 Å². The molecule has 7 heteroatoms. The van der Waals surface area contributed by atoms with E-state index in [2.05, 4.69) is 14.6 Å². The van der Waals surface area contributed by atoms with E-state index in [1.54, 1.807) is 0 Å². The van der Waals surface area contributed by atoms with Gasteiger partial charge in [-0.05, 0) is 25.0 Å². The molecule has 0 atom stereocenters. The number of aromatic nitrogens is 1. The van der Waals surface area contributed by atoms with E-state index >= 15 is 0 Å². The minimum Gasteiger partial charge on any atom is -0.423 e. The van der Waals surface area contributed by atoms with Crippen molar-refractivity contribution in [2.24, 2.45) is 0 Å². The predicted molar refractivity (Wildman–Crippen MR) is 77.2 cm³/mol. The van der Waals surface area contributed by atoms with Crippen molar-refractivity contribution >= 4 is 27.1 Å². The smallest absolute Gasteiger partial charge is 0.298 e. The van der Waals surface area contributed by atoms with Crippen LogP contribution in [0.1, 0.15) is 12.8 Å². The summed E-state index contributed by atoms with van der Waals surface area (Å²) >= 11 is 0. The van der Waals surface area contributed by atoms with Crippen molar-refractivity contribution in [3.63, 3.8) is 0 Å². The zero-order chi connectivity index (χ0) is 14.2. The third-order valence-corrected chi connectivity index (χ3v) is 4.19. The van der Waals surface area contributed by atoms with Crippen LogP contribution in [0.3, 0.4) is 0 Å². The first kappa shape index (κ1) is 13.4. The van der Waals surface area contributed by atoms with Crippen LogP contribution in [0.2, 0.25) is 0 Å². The minimum atomic E-state index is -3.13. The van der Waals surface area contributed by atoms with Gasteiger partial charge in [-0.2, -0.15) is 4.98 Å². The Balaban J connectivity index is 1.68. The van der Waals surface area contributed by atoms with E-state index in [-0.39, 0.29) is 6.04 Å². The molecule has 2 aromatic rings. The first-order valence-corrected chi connectivity index (χ1v) is 8.48. The normalized spacial score (nSPS) is 17.8.